The first kappa shape index (κ1) is 22.4. The molecule has 0 bridgehead atoms. The van der Waals surface area contributed by atoms with E-state index in [0.29, 0.717) is 20.9 Å². The van der Waals surface area contributed by atoms with Gasteiger partial charge in [-0.15, -0.1) is 10.2 Å². The Hall–Kier alpha value is -2.80. The Labute approximate surface area is 200 Å². The van der Waals surface area contributed by atoms with Crippen LogP contribution in [-0.2, 0) is 4.79 Å². The van der Waals surface area contributed by atoms with Crippen molar-refractivity contribution in [2.24, 2.45) is 0 Å². The van der Waals surface area contributed by atoms with Gasteiger partial charge in [-0.3, -0.25) is 9.36 Å². The predicted molar refractivity (Wildman–Crippen MR) is 132 cm³/mol. The van der Waals surface area contributed by atoms with Gasteiger partial charge in [0.1, 0.15) is 0 Å². The van der Waals surface area contributed by atoms with Crippen molar-refractivity contribution in [2.75, 3.05) is 11.1 Å². The molecule has 1 heterocycles. The summed E-state index contributed by atoms with van der Waals surface area (Å²) in [5, 5.41) is 13.2. The van der Waals surface area contributed by atoms with E-state index in [-0.39, 0.29) is 11.7 Å². The summed E-state index contributed by atoms with van der Waals surface area (Å²) in [7, 11) is 0. The maximum absolute atomic E-state index is 12.6. The van der Waals surface area contributed by atoms with Gasteiger partial charge in [-0.05, 0) is 49.2 Å². The number of rotatable bonds is 6. The molecule has 162 valence electrons. The van der Waals surface area contributed by atoms with Gasteiger partial charge >= 0.3 is 0 Å². The van der Waals surface area contributed by atoms with Gasteiger partial charge in [-0.2, -0.15) is 0 Å². The van der Waals surface area contributed by atoms with Crippen LogP contribution in [0.5, 0.6) is 0 Å². The van der Waals surface area contributed by atoms with Crippen LogP contribution in [0.4, 0.5) is 5.69 Å². The molecule has 4 aromatic rings. The van der Waals surface area contributed by atoms with Crippen molar-refractivity contribution < 1.29 is 4.79 Å². The molecule has 1 aromatic heterocycles. The van der Waals surface area contributed by atoms with Crippen molar-refractivity contribution in [3.63, 3.8) is 0 Å². The minimum atomic E-state index is -0.212. The molecule has 5 nitrogen and oxygen atoms in total. The normalized spacial score (nSPS) is 10.9. The molecule has 0 aliphatic carbocycles. The smallest absolute Gasteiger partial charge is 0.234 e. The molecule has 0 fully saturated rings. The topological polar surface area (TPSA) is 59.8 Å². The molecule has 1 amide bonds. The summed E-state index contributed by atoms with van der Waals surface area (Å²) in [6.07, 6.45) is 0. The number of carbonyl (C=O) groups is 1. The highest BCUT2D eigenvalue weighted by atomic mass is 35.5. The maximum atomic E-state index is 12.6. The van der Waals surface area contributed by atoms with Crippen LogP contribution in [0.2, 0.25) is 10.0 Å². The van der Waals surface area contributed by atoms with Gasteiger partial charge in [0.05, 0.1) is 22.2 Å². The SMILES string of the molecule is Cc1ccc(C)c(-n2c(SCC(=O)Nc3cc(Cl)ccc3Cl)nnc2-c2ccccc2)c1. The average molecular weight is 483 g/mol. The molecule has 0 aliphatic heterocycles. The van der Waals surface area contributed by atoms with Crippen LogP contribution in [0.3, 0.4) is 0 Å². The van der Waals surface area contributed by atoms with Crippen LogP contribution >= 0.6 is 35.0 Å². The van der Waals surface area contributed by atoms with Gasteiger partial charge in [0.15, 0.2) is 11.0 Å². The molecular formula is C24H20Cl2N4OS. The molecule has 4 rings (SSSR count). The minimum Gasteiger partial charge on any atom is -0.324 e. The first-order valence-corrected chi connectivity index (χ1v) is 11.6. The highest BCUT2D eigenvalue weighted by Crippen LogP contribution is 2.30. The number of carbonyl (C=O) groups excluding carboxylic acids is 1. The molecular weight excluding hydrogens is 463 g/mol. The summed E-state index contributed by atoms with van der Waals surface area (Å²) in [4.78, 5) is 12.6. The van der Waals surface area contributed by atoms with Crippen molar-refractivity contribution in [3.05, 3.63) is 87.9 Å². The molecule has 0 radical (unpaired) electrons. The predicted octanol–water partition coefficient (Wildman–Crippen LogP) is 6.59. The molecule has 8 heteroatoms. The number of aromatic nitrogens is 3. The number of halogens is 2. The molecule has 0 aliphatic rings. The van der Waals surface area contributed by atoms with Gasteiger partial charge in [0.25, 0.3) is 0 Å². The van der Waals surface area contributed by atoms with Crippen LogP contribution in [0, 0.1) is 13.8 Å². The number of thioether (sulfide) groups is 1. The van der Waals surface area contributed by atoms with E-state index in [2.05, 4.69) is 33.7 Å². The summed E-state index contributed by atoms with van der Waals surface area (Å²) in [6.45, 7) is 4.09. The maximum Gasteiger partial charge on any atom is 0.234 e. The first-order chi connectivity index (χ1) is 15.4. The fraction of sp³-hybridized carbons (Fsp3) is 0.125. The summed E-state index contributed by atoms with van der Waals surface area (Å²) in [5.41, 5.74) is 4.62. The zero-order valence-corrected chi connectivity index (χ0v) is 19.8. The van der Waals surface area contributed by atoms with Gasteiger partial charge < -0.3 is 5.32 Å². The number of anilines is 1. The van der Waals surface area contributed by atoms with Crippen molar-refractivity contribution in [1.82, 2.24) is 14.8 Å². The fourth-order valence-electron chi connectivity index (χ4n) is 3.22. The van der Waals surface area contributed by atoms with E-state index in [1.54, 1.807) is 18.2 Å². The lowest BCUT2D eigenvalue weighted by molar-refractivity contribution is -0.113. The summed E-state index contributed by atoms with van der Waals surface area (Å²) in [6, 6.07) is 21.1. The van der Waals surface area contributed by atoms with Gasteiger partial charge in [0.2, 0.25) is 5.91 Å². The Morgan fingerprint density at radius 1 is 1.00 bits per heavy atom. The molecule has 32 heavy (non-hydrogen) atoms. The second-order valence-corrected chi connectivity index (χ2v) is 9.04. The van der Waals surface area contributed by atoms with E-state index in [1.807, 2.05) is 48.7 Å². The Morgan fingerprint density at radius 3 is 2.56 bits per heavy atom. The van der Waals surface area contributed by atoms with Gasteiger partial charge in [-0.25, -0.2) is 0 Å². The Kier molecular flexibility index (Phi) is 6.84. The molecule has 3 aromatic carbocycles. The highest BCUT2D eigenvalue weighted by molar-refractivity contribution is 7.99. The zero-order chi connectivity index (χ0) is 22.7. The lowest BCUT2D eigenvalue weighted by Crippen LogP contribution is -2.15. The number of nitrogens with one attached hydrogen (secondary N) is 1. The van der Waals surface area contributed by atoms with E-state index >= 15 is 0 Å². The second-order valence-electron chi connectivity index (χ2n) is 7.26. The number of hydrogen-bond donors (Lipinski definition) is 1. The van der Waals surface area contributed by atoms with Crippen molar-refractivity contribution in [1.29, 1.82) is 0 Å². The largest absolute Gasteiger partial charge is 0.324 e. The number of aryl methyl sites for hydroxylation is 2. The van der Waals surface area contributed by atoms with E-state index in [0.717, 1.165) is 28.2 Å². The standard InChI is InChI=1S/C24H20Cl2N4OS/c1-15-8-9-16(2)21(12-15)30-23(17-6-4-3-5-7-17)28-29-24(30)32-14-22(31)27-20-13-18(25)10-11-19(20)26/h3-13H,14H2,1-2H3,(H,27,31). The third-order valence-corrected chi connectivity index (χ3v) is 6.30. The third-order valence-electron chi connectivity index (χ3n) is 4.81. The monoisotopic (exact) mass is 482 g/mol. The molecule has 1 N–H and O–H groups in total. The molecule has 0 atom stereocenters. The summed E-state index contributed by atoms with van der Waals surface area (Å²) in [5.74, 6) is 0.650. The lowest BCUT2D eigenvalue weighted by atomic mass is 10.1. The Morgan fingerprint density at radius 2 is 1.78 bits per heavy atom. The highest BCUT2D eigenvalue weighted by Gasteiger charge is 2.19. The fourth-order valence-corrected chi connectivity index (χ4v) is 4.31. The number of benzene rings is 3. The minimum absolute atomic E-state index is 0.140. The Balaban J connectivity index is 1.64. The van der Waals surface area contributed by atoms with Crippen molar-refractivity contribution in [2.45, 2.75) is 19.0 Å². The van der Waals surface area contributed by atoms with E-state index in [9.17, 15) is 4.79 Å². The number of nitrogens with zero attached hydrogens (tertiary/aromatic N) is 3. The van der Waals surface area contributed by atoms with E-state index in [1.165, 1.54) is 11.8 Å². The molecule has 0 unspecified atom stereocenters. The molecule has 0 saturated heterocycles. The van der Waals surface area contributed by atoms with Crippen molar-refractivity contribution in [3.8, 4) is 17.1 Å². The van der Waals surface area contributed by atoms with E-state index in [4.69, 9.17) is 23.2 Å². The van der Waals surface area contributed by atoms with Gasteiger partial charge in [-0.1, -0.05) is 77.4 Å². The number of amides is 1. The quantitative estimate of drug-likeness (QED) is 0.315. The summed E-state index contributed by atoms with van der Waals surface area (Å²) >= 11 is 13.5. The second kappa shape index (κ2) is 9.77. The lowest BCUT2D eigenvalue weighted by Gasteiger charge is -2.14. The van der Waals surface area contributed by atoms with Crippen LogP contribution in [0.15, 0.2) is 71.9 Å². The first-order valence-electron chi connectivity index (χ1n) is 9.88. The van der Waals surface area contributed by atoms with Crippen molar-refractivity contribution >= 4 is 46.6 Å². The summed E-state index contributed by atoms with van der Waals surface area (Å²) < 4.78 is 2.00. The van der Waals surface area contributed by atoms with E-state index < -0.39 is 0 Å². The van der Waals surface area contributed by atoms with Gasteiger partial charge in [0, 0.05) is 10.6 Å². The Bertz CT molecular complexity index is 1270. The zero-order valence-electron chi connectivity index (χ0n) is 17.5. The van der Waals surface area contributed by atoms with Crippen LogP contribution < -0.4 is 5.32 Å². The number of hydrogen-bond acceptors (Lipinski definition) is 4. The van der Waals surface area contributed by atoms with Crippen LogP contribution in [0.1, 0.15) is 11.1 Å². The molecule has 0 spiro atoms. The van der Waals surface area contributed by atoms with Crippen LogP contribution in [0.25, 0.3) is 17.1 Å². The molecule has 0 saturated carbocycles. The third kappa shape index (κ3) is 4.99. The van der Waals surface area contributed by atoms with Crippen LogP contribution in [-0.4, -0.2) is 26.4 Å². The average Bonchev–Trinajstić information content (AvgIpc) is 3.21.